The zero-order chi connectivity index (χ0) is 12.4. The van der Waals surface area contributed by atoms with Crippen molar-refractivity contribution in [3.05, 3.63) is 35.0 Å². The second-order valence-corrected chi connectivity index (χ2v) is 4.94. The molecule has 0 aliphatic carbocycles. The molecule has 0 fully saturated rings. The van der Waals surface area contributed by atoms with E-state index in [1.165, 1.54) is 16.9 Å². The summed E-state index contributed by atoms with van der Waals surface area (Å²) in [6.07, 6.45) is 0. The van der Waals surface area contributed by atoms with E-state index in [2.05, 4.69) is 28.2 Å². The highest BCUT2D eigenvalue weighted by Gasteiger charge is 2.04. The van der Waals surface area contributed by atoms with E-state index in [1.807, 2.05) is 26.0 Å². The third kappa shape index (κ3) is 2.68. The van der Waals surface area contributed by atoms with Crippen molar-refractivity contribution in [2.45, 2.75) is 20.8 Å². The summed E-state index contributed by atoms with van der Waals surface area (Å²) in [6, 6.07) is 6.07. The van der Waals surface area contributed by atoms with Crippen LogP contribution in [-0.2, 0) is 0 Å². The monoisotopic (exact) mass is 246 g/mol. The van der Waals surface area contributed by atoms with E-state index in [-0.39, 0.29) is 0 Å². The number of azo groups is 1. The Morgan fingerprint density at radius 2 is 1.94 bits per heavy atom. The van der Waals surface area contributed by atoms with Crippen LogP contribution in [0.1, 0.15) is 16.8 Å². The van der Waals surface area contributed by atoms with E-state index >= 15 is 0 Å². The number of rotatable bonds is 2. The van der Waals surface area contributed by atoms with Gasteiger partial charge in [0.05, 0.1) is 11.4 Å². The molecule has 88 valence electrons. The number of nitrogen functional groups attached to an aromatic ring is 1. The lowest BCUT2D eigenvalue weighted by atomic mass is 10.1. The molecule has 0 aliphatic rings. The molecule has 1 aromatic carbocycles. The molecular formula is C12H14N4S. The van der Waals surface area contributed by atoms with Crippen molar-refractivity contribution in [3.8, 4) is 0 Å². The van der Waals surface area contributed by atoms with Crippen molar-refractivity contribution in [2.75, 3.05) is 5.73 Å². The molecule has 2 aromatic rings. The van der Waals surface area contributed by atoms with Gasteiger partial charge in [0.2, 0.25) is 0 Å². The van der Waals surface area contributed by atoms with E-state index in [0.717, 1.165) is 21.9 Å². The third-order valence-corrected chi connectivity index (χ3v) is 3.26. The molecule has 2 N–H and O–H groups in total. The molecule has 0 saturated carbocycles. The molecule has 0 saturated heterocycles. The molecule has 4 nitrogen and oxygen atoms in total. The van der Waals surface area contributed by atoms with Crippen LogP contribution in [0.4, 0.5) is 15.8 Å². The van der Waals surface area contributed by atoms with Crippen LogP contribution in [0, 0.1) is 20.8 Å². The Morgan fingerprint density at radius 1 is 1.18 bits per heavy atom. The minimum Gasteiger partial charge on any atom is -0.375 e. The van der Waals surface area contributed by atoms with Crippen molar-refractivity contribution in [1.29, 1.82) is 0 Å². The predicted molar refractivity (Wildman–Crippen MR) is 71.4 cm³/mol. The van der Waals surface area contributed by atoms with E-state index in [4.69, 9.17) is 5.73 Å². The molecule has 5 heteroatoms. The summed E-state index contributed by atoms with van der Waals surface area (Å²) in [5.74, 6) is 0. The molecule has 1 aromatic heterocycles. The van der Waals surface area contributed by atoms with Crippen LogP contribution in [0.3, 0.4) is 0 Å². The van der Waals surface area contributed by atoms with E-state index in [0.29, 0.717) is 5.13 Å². The fourth-order valence-corrected chi connectivity index (χ4v) is 2.17. The maximum atomic E-state index is 5.60. The number of nitrogens with zero attached hydrogens (tertiary/aromatic N) is 3. The number of benzene rings is 1. The second kappa shape index (κ2) is 4.63. The average Bonchev–Trinajstić information content (AvgIpc) is 2.56. The standard InChI is InChI=1S/C12H14N4S/c1-7-4-5-10(8(2)6-7)15-16-11-9(3)14-12(13)17-11/h4-6H,1-3H3,(H2,13,14). The molecule has 0 spiro atoms. The zero-order valence-electron chi connectivity index (χ0n) is 10.1. The Hall–Kier alpha value is -1.75. The van der Waals surface area contributed by atoms with Crippen LogP contribution in [0.15, 0.2) is 28.4 Å². The highest BCUT2D eigenvalue weighted by atomic mass is 32.1. The van der Waals surface area contributed by atoms with Gasteiger partial charge in [0.15, 0.2) is 10.1 Å². The van der Waals surface area contributed by atoms with Crippen LogP contribution in [0.5, 0.6) is 0 Å². The van der Waals surface area contributed by atoms with Gasteiger partial charge in [-0.1, -0.05) is 29.0 Å². The summed E-state index contributed by atoms with van der Waals surface area (Å²) in [5, 5.41) is 9.71. The van der Waals surface area contributed by atoms with Crippen LogP contribution in [0.2, 0.25) is 0 Å². The Bertz CT molecular complexity index is 572. The van der Waals surface area contributed by atoms with Crippen molar-refractivity contribution < 1.29 is 0 Å². The average molecular weight is 246 g/mol. The fourth-order valence-electron chi connectivity index (χ4n) is 1.52. The first-order valence-electron chi connectivity index (χ1n) is 5.28. The lowest BCUT2D eigenvalue weighted by molar-refractivity contribution is 1.18. The topological polar surface area (TPSA) is 63.6 Å². The first-order chi connectivity index (χ1) is 8.06. The molecular weight excluding hydrogens is 232 g/mol. The van der Waals surface area contributed by atoms with Crippen LogP contribution < -0.4 is 5.73 Å². The van der Waals surface area contributed by atoms with Crippen molar-refractivity contribution >= 4 is 27.2 Å². The number of aryl methyl sites for hydroxylation is 3. The minimum atomic E-state index is 0.525. The molecule has 0 unspecified atom stereocenters. The van der Waals surface area contributed by atoms with Crippen LogP contribution in [0.25, 0.3) is 0 Å². The lowest BCUT2D eigenvalue weighted by Gasteiger charge is -1.99. The van der Waals surface area contributed by atoms with E-state index in [1.54, 1.807) is 0 Å². The van der Waals surface area contributed by atoms with Gasteiger partial charge in [-0.2, -0.15) is 0 Å². The molecule has 0 bridgehead atoms. The summed E-state index contributed by atoms with van der Waals surface area (Å²) >= 11 is 1.35. The first kappa shape index (κ1) is 11.7. The number of nitrogens with two attached hydrogens (primary N) is 1. The highest BCUT2D eigenvalue weighted by molar-refractivity contribution is 7.19. The van der Waals surface area contributed by atoms with Gasteiger partial charge in [0.25, 0.3) is 0 Å². The Labute approximate surface area is 104 Å². The van der Waals surface area contributed by atoms with Crippen molar-refractivity contribution in [1.82, 2.24) is 4.98 Å². The number of hydrogen-bond donors (Lipinski definition) is 1. The Kier molecular flexibility index (Phi) is 3.19. The van der Waals surface area contributed by atoms with Crippen molar-refractivity contribution in [2.24, 2.45) is 10.2 Å². The molecule has 0 aliphatic heterocycles. The van der Waals surface area contributed by atoms with Gasteiger partial charge in [-0.3, -0.25) is 0 Å². The molecule has 0 radical (unpaired) electrons. The quantitative estimate of drug-likeness (QED) is 0.812. The predicted octanol–water partition coefficient (Wildman–Crippen LogP) is 4.07. The van der Waals surface area contributed by atoms with Gasteiger partial charge in [0.1, 0.15) is 0 Å². The highest BCUT2D eigenvalue weighted by Crippen LogP contribution is 2.30. The maximum absolute atomic E-state index is 5.60. The SMILES string of the molecule is Cc1ccc(N=Nc2sc(N)nc2C)c(C)c1. The normalized spacial score (nSPS) is 11.2. The summed E-state index contributed by atoms with van der Waals surface area (Å²) < 4.78 is 0. The molecule has 0 atom stereocenters. The Balaban J connectivity index is 2.29. The van der Waals surface area contributed by atoms with Gasteiger partial charge < -0.3 is 5.73 Å². The Morgan fingerprint density at radius 3 is 2.53 bits per heavy atom. The van der Waals surface area contributed by atoms with Crippen LogP contribution in [-0.4, -0.2) is 4.98 Å². The third-order valence-electron chi connectivity index (χ3n) is 2.39. The van der Waals surface area contributed by atoms with Gasteiger partial charge in [-0.05, 0) is 32.4 Å². The van der Waals surface area contributed by atoms with Gasteiger partial charge >= 0.3 is 0 Å². The smallest absolute Gasteiger partial charge is 0.182 e. The fraction of sp³-hybridized carbons (Fsp3) is 0.250. The zero-order valence-corrected chi connectivity index (χ0v) is 10.9. The minimum absolute atomic E-state index is 0.525. The lowest BCUT2D eigenvalue weighted by Crippen LogP contribution is -1.80. The summed E-state index contributed by atoms with van der Waals surface area (Å²) in [4.78, 5) is 4.10. The summed E-state index contributed by atoms with van der Waals surface area (Å²) in [6.45, 7) is 5.96. The van der Waals surface area contributed by atoms with Crippen LogP contribution >= 0.6 is 11.3 Å². The molecule has 17 heavy (non-hydrogen) atoms. The molecule has 1 heterocycles. The number of anilines is 1. The van der Waals surface area contributed by atoms with Crippen molar-refractivity contribution in [3.63, 3.8) is 0 Å². The number of hydrogen-bond acceptors (Lipinski definition) is 5. The number of aromatic nitrogens is 1. The largest absolute Gasteiger partial charge is 0.375 e. The van der Waals surface area contributed by atoms with Gasteiger partial charge in [-0.25, -0.2) is 4.98 Å². The second-order valence-electron chi connectivity index (χ2n) is 3.93. The van der Waals surface area contributed by atoms with E-state index < -0.39 is 0 Å². The molecule has 0 amide bonds. The van der Waals surface area contributed by atoms with Gasteiger partial charge in [-0.15, -0.1) is 10.2 Å². The van der Waals surface area contributed by atoms with Gasteiger partial charge in [0, 0.05) is 0 Å². The summed E-state index contributed by atoms with van der Waals surface area (Å²) in [7, 11) is 0. The first-order valence-corrected chi connectivity index (χ1v) is 6.10. The molecule has 2 rings (SSSR count). The van der Waals surface area contributed by atoms with E-state index in [9.17, 15) is 0 Å². The maximum Gasteiger partial charge on any atom is 0.182 e. The number of thiazole rings is 1. The summed E-state index contributed by atoms with van der Waals surface area (Å²) in [5.41, 5.74) is 9.64.